The van der Waals surface area contributed by atoms with Crippen LogP contribution in [-0.2, 0) is 19.4 Å². The molecule has 8 heteroatoms. The second-order valence-corrected chi connectivity index (χ2v) is 7.69. The molecule has 0 radical (unpaired) electrons. The topological polar surface area (TPSA) is 113 Å². The molecule has 1 amide bonds. The predicted octanol–water partition coefficient (Wildman–Crippen LogP) is -0.764. The van der Waals surface area contributed by atoms with E-state index in [0.717, 1.165) is 0 Å². The number of hydrogen-bond acceptors (Lipinski definition) is 5. The summed E-state index contributed by atoms with van der Waals surface area (Å²) in [6.07, 6.45) is 0.0453. The third kappa shape index (κ3) is 5.46. The number of sulfone groups is 1. The Balaban J connectivity index is 2.42. The second-order valence-electron chi connectivity index (χ2n) is 5.46. The van der Waals surface area contributed by atoms with Crippen molar-refractivity contribution in [1.82, 2.24) is 10.6 Å². The molecule has 1 aliphatic heterocycles. The highest BCUT2D eigenvalue weighted by Gasteiger charge is 2.27. The van der Waals surface area contributed by atoms with Crippen molar-refractivity contribution in [2.75, 3.05) is 24.6 Å². The molecule has 0 aromatic rings. The number of carboxylic acids is 1. The number of hydrogen-bond donors (Lipinski definition) is 3. The fraction of sp³-hybridized carbons (Fsp3) is 0.833. The molecule has 7 nitrogen and oxygen atoms in total. The van der Waals surface area contributed by atoms with Gasteiger partial charge in [-0.05, 0) is 5.92 Å². The summed E-state index contributed by atoms with van der Waals surface area (Å²) in [5, 5.41) is 14.6. The molecule has 1 saturated heterocycles. The van der Waals surface area contributed by atoms with Crippen molar-refractivity contribution in [3.05, 3.63) is 0 Å². The molecule has 0 aromatic carbocycles. The van der Waals surface area contributed by atoms with Crippen molar-refractivity contribution in [1.29, 1.82) is 0 Å². The summed E-state index contributed by atoms with van der Waals surface area (Å²) in [5.41, 5.74) is 0. The first-order valence-electron chi connectivity index (χ1n) is 6.64. The molecule has 1 aliphatic rings. The maximum absolute atomic E-state index is 11.7. The van der Waals surface area contributed by atoms with Gasteiger partial charge in [0.05, 0.1) is 17.4 Å². The first-order chi connectivity index (χ1) is 9.21. The van der Waals surface area contributed by atoms with E-state index in [9.17, 15) is 18.0 Å². The highest BCUT2D eigenvalue weighted by Crippen LogP contribution is 2.10. The van der Waals surface area contributed by atoms with Gasteiger partial charge in [0.1, 0.15) is 0 Å². The molecule has 0 bridgehead atoms. The Kier molecular flexibility index (Phi) is 5.94. The van der Waals surface area contributed by atoms with E-state index >= 15 is 0 Å². The van der Waals surface area contributed by atoms with Crippen LogP contribution in [0.4, 0.5) is 0 Å². The summed E-state index contributed by atoms with van der Waals surface area (Å²) in [6.45, 7) is 3.97. The van der Waals surface area contributed by atoms with Gasteiger partial charge in [-0.15, -0.1) is 0 Å². The summed E-state index contributed by atoms with van der Waals surface area (Å²) in [4.78, 5) is 22.7. The maximum atomic E-state index is 11.7. The van der Waals surface area contributed by atoms with E-state index in [1.807, 2.05) is 0 Å². The smallest absolute Gasteiger partial charge is 0.308 e. The number of carbonyl (C=O) groups is 2. The van der Waals surface area contributed by atoms with Crippen LogP contribution in [0.3, 0.4) is 0 Å². The Bertz CT molecular complexity index is 460. The van der Waals surface area contributed by atoms with Crippen LogP contribution in [0.15, 0.2) is 0 Å². The number of aliphatic carboxylic acids is 1. The van der Waals surface area contributed by atoms with Crippen LogP contribution in [0.5, 0.6) is 0 Å². The maximum Gasteiger partial charge on any atom is 0.308 e. The number of rotatable bonds is 6. The van der Waals surface area contributed by atoms with Gasteiger partial charge in [-0.3, -0.25) is 9.59 Å². The van der Waals surface area contributed by atoms with E-state index in [0.29, 0.717) is 6.54 Å². The fourth-order valence-corrected chi connectivity index (χ4v) is 3.57. The molecule has 0 saturated carbocycles. The van der Waals surface area contributed by atoms with Crippen molar-refractivity contribution in [3.63, 3.8) is 0 Å². The number of carbonyl (C=O) groups excluding carboxylic acids is 1. The predicted molar refractivity (Wildman–Crippen MR) is 74.0 cm³/mol. The zero-order valence-corrected chi connectivity index (χ0v) is 12.6. The monoisotopic (exact) mass is 306 g/mol. The van der Waals surface area contributed by atoms with E-state index in [-0.39, 0.29) is 36.3 Å². The van der Waals surface area contributed by atoms with Crippen molar-refractivity contribution in [2.24, 2.45) is 11.8 Å². The van der Waals surface area contributed by atoms with Gasteiger partial charge in [-0.2, -0.15) is 0 Å². The Hall–Kier alpha value is -1.15. The quantitative estimate of drug-likeness (QED) is 0.594. The molecular formula is C12H22N2O5S. The van der Waals surface area contributed by atoms with E-state index < -0.39 is 27.8 Å². The van der Waals surface area contributed by atoms with Gasteiger partial charge in [0, 0.05) is 25.6 Å². The highest BCUT2D eigenvalue weighted by molar-refractivity contribution is 7.91. The van der Waals surface area contributed by atoms with Crippen molar-refractivity contribution >= 4 is 21.7 Å². The molecule has 1 heterocycles. The SMILES string of the molecule is CC(C)C(CNC(=O)CC1CS(=O)(=O)CCN1)C(=O)O. The van der Waals surface area contributed by atoms with Gasteiger partial charge < -0.3 is 15.7 Å². The lowest BCUT2D eigenvalue weighted by Crippen LogP contribution is -2.47. The Morgan fingerprint density at radius 1 is 1.40 bits per heavy atom. The summed E-state index contributed by atoms with van der Waals surface area (Å²) < 4.78 is 22.9. The third-order valence-electron chi connectivity index (χ3n) is 3.37. The molecule has 0 aromatic heterocycles. The van der Waals surface area contributed by atoms with Gasteiger partial charge in [0.15, 0.2) is 9.84 Å². The summed E-state index contributed by atoms with van der Waals surface area (Å²) in [5.74, 6) is -1.94. The molecule has 116 valence electrons. The molecule has 0 spiro atoms. The summed E-state index contributed by atoms with van der Waals surface area (Å²) in [6, 6.07) is -0.393. The summed E-state index contributed by atoms with van der Waals surface area (Å²) >= 11 is 0. The first-order valence-corrected chi connectivity index (χ1v) is 8.46. The minimum atomic E-state index is -3.07. The van der Waals surface area contributed by atoms with E-state index in [1.165, 1.54) is 0 Å². The molecular weight excluding hydrogens is 284 g/mol. The van der Waals surface area contributed by atoms with E-state index in [4.69, 9.17) is 5.11 Å². The van der Waals surface area contributed by atoms with Crippen LogP contribution in [0.2, 0.25) is 0 Å². The first kappa shape index (κ1) is 16.9. The zero-order valence-electron chi connectivity index (χ0n) is 11.8. The van der Waals surface area contributed by atoms with Crippen LogP contribution in [0, 0.1) is 11.8 Å². The van der Waals surface area contributed by atoms with E-state index in [1.54, 1.807) is 13.8 Å². The minimum Gasteiger partial charge on any atom is -0.481 e. The molecule has 2 unspecified atom stereocenters. The van der Waals surface area contributed by atoms with Crippen LogP contribution < -0.4 is 10.6 Å². The number of amides is 1. The minimum absolute atomic E-state index is 0.0453. The zero-order chi connectivity index (χ0) is 15.3. The highest BCUT2D eigenvalue weighted by atomic mass is 32.2. The molecule has 20 heavy (non-hydrogen) atoms. The Labute approximate surface area is 119 Å². The number of carboxylic acid groups (broad SMARTS) is 1. The van der Waals surface area contributed by atoms with Crippen molar-refractivity contribution in [2.45, 2.75) is 26.3 Å². The second kappa shape index (κ2) is 7.03. The van der Waals surface area contributed by atoms with Gasteiger partial charge in [0.25, 0.3) is 0 Å². The Morgan fingerprint density at radius 2 is 2.05 bits per heavy atom. The largest absolute Gasteiger partial charge is 0.481 e. The summed E-state index contributed by atoms with van der Waals surface area (Å²) in [7, 11) is -3.07. The average molecular weight is 306 g/mol. The van der Waals surface area contributed by atoms with Crippen LogP contribution in [0.1, 0.15) is 20.3 Å². The molecule has 1 rings (SSSR count). The lowest BCUT2D eigenvalue weighted by atomic mass is 9.96. The van der Waals surface area contributed by atoms with Gasteiger partial charge in [-0.1, -0.05) is 13.8 Å². The average Bonchev–Trinajstić information content (AvgIpc) is 2.26. The lowest BCUT2D eigenvalue weighted by molar-refractivity contribution is -0.143. The van der Waals surface area contributed by atoms with Gasteiger partial charge in [0.2, 0.25) is 5.91 Å². The van der Waals surface area contributed by atoms with E-state index in [2.05, 4.69) is 10.6 Å². The van der Waals surface area contributed by atoms with Crippen LogP contribution in [0.25, 0.3) is 0 Å². The van der Waals surface area contributed by atoms with Crippen LogP contribution >= 0.6 is 0 Å². The lowest BCUT2D eigenvalue weighted by Gasteiger charge is -2.23. The molecule has 2 atom stereocenters. The molecule has 0 aliphatic carbocycles. The normalized spacial score (nSPS) is 23.2. The van der Waals surface area contributed by atoms with Crippen molar-refractivity contribution in [3.8, 4) is 0 Å². The fourth-order valence-electron chi connectivity index (χ4n) is 2.13. The molecule has 1 fully saturated rings. The molecule has 3 N–H and O–H groups in total. The van der Waals surface area contributed by atoms with Gasteiger partial charge >= 0.3 is 5.97 Å². The van der Waals surface area contributed by atoms with Crippen LogP contribution in [-0.4, -0.2) is 56.0 Å². The standard InChI is InChI=1S/C12H22N2O5S/c1-8(2)10(12(16)17)6-14-11(15)5-9-7-20(18,19)4-3-13-9/h8-10,13H,3-7H2,1-2H3,(H,14,15)(H,16,17). The van der Waals surface area contributed by atoms with Crippen molar-refractivity contribution < 1.29 is 23.1 Å². The van der Waals surface area contributed by atoms with Gasteiger partial charge in [-0.25, -0.2) is 8.42 Å². The Morgan fingerprint density at radius 3 is 2.55 bits per heavy atom. The third-order valence-corrected chi connectivity index (χ3v) is 5.11. The number of nitrogens with one attached hydrogen (secondary N) is 2.